The first-order chi connectivity index (χ1) is 3.93. The summed E-state index contributed by atoms with van der Waals surface area (Å²) in [6, 6.07) is 0. The van der Waals surface area contributed by atoms with Crippen molar-refractivity contribution in [1.29, 1.82) is 0 Å². The summed E-state index contributed by atoms with van der Waals surface area (Å²) in [5.41, 5.74) is 0. The second-order valence-corrected chi connectivity index (χ2v) is 2.49. The van der Waals surface area contributed by atoms with Crippen molar-refractivity contribution in [3.05, 3.63) is 0 Å². The van der Waals surface area contributed by atoms with Crippen LogP contribution in [0.25, 0.3) is 0 Å². The molecule has 0 saturated carbocycles. The van der Waals surface area contributed by atoms with E-state index >= 15 is 0 Å². The van der Waals surface area contributed by atoms with E-state index in [9.17, 15) is 0 Å². The van der Waals surface area contributed by atoms with Gasteiger partial charge in [-0.2, -0.15) is 0 Å². The molecule has 1 fully saturated rings. The number of halogens is 1. The van der Waals surface area contributed by atoms with Crippen LogP contribution in [0.3, 0.4) is 0 Å². The molecular weight excluding hydrogens is 134 g/mol. The Morgan fingerprint density at radius 2 is 1.78 bits per heavy atom. The van der Waals surface area contributed by atoms with Crippen LogP contribution in [0.4, 0.5) is 0 Å². The smallest absolute Gasteiger partial charge is 0 e. The van der Waals surface area contributed by atoms with Crippen molar-refractivity contribution < 1.29 is 13.8 Å². The Balaban J connectivity index is 0. The minimum Gasteiger partial charge on any atom is -1.00 e. The second-order valence-electron chi connectivity index (χ2n) is 2.49. The van der Waals surface area contributed by atoms with Crippen molar-refractivity contribution in [2.75, 3.05) is 19.6 Å². The molecule has 0 aromatic rings. The molecule has 1 heterocycles. The maximum atomic E-state index is 2.52. The Bertz CT molecular complexity index is 64.6. The van der Waals surface area contributed by atoms with E-state index in [1.54, 1.807) is 0 Å². The molecule has 1 aliphatic heterocycles. The molecule has 0 aromatic carbocycles. The fraction of sp³-hybridized carbons (Fsp3) is 1.00. The number of rotatable bonds is 1. The van der Waals surface area contributed by atoms with Crippen LogP contribution < -0.4 is 12.4 Å². The number of piperidine rings is 1. The lowest BCUT2D eigenvalue weighted by Crippen LogP contribution is -3.00. The van der Waals surface area contributed by atoms with Gasteiger partial charge in [-0.1, -0.05) is 13.3 Å². The van der Waals surface area contributed by atoms with Crippen LogP contribution >= 0.6 is 0 Å². The van der Waals surface area contributed by atoms with E-state index in [-0.39, 0.29) is 13.8 Å². The molecule has 1 rings (SSSR count). The molecule has 0 aromatic heterocycles. The number of hydrogen-bond donors (Lipinski definition) is 0. The van der Waals surface area contributed by atoms with Gasteiger partial charge in [-0.3, -0.25) is 0 Å². The molecule has 1 nitrogen and oxygen atoms in total. The van der Waals surface area contributed by atoms with Gasteiger partial charge in [-0.25, -0.2) is 0 Å². The third-order valence-electron chi connectivity index (χ3n) is 1.90. The van der Waals surface area contributed by atoms with Gasteiger partial charge in [0.2, 0.25) is 0 Å². The summed E-state index contributed by atoms with van der Waals surface area (Å²) in [5, 5.41) is 0. The lowest BCUT2D eigenvalue weighted by Gasteiger charge is -2.24. The Hall–Kier alpha value is 0.250. The predicted molar refractivity (Wildman–Crippen MR) is 38.1 cm³/mol. The molecule has 0 bridgehead atoms. The summed E-state index contributed by atoms with van der Waals surface area (Å²) >= 11 is 0. The van der Waals surface area contributed by atoms with Crippen molar-refractivity contribution in [2.24, 2.45) is 0 Å². The van der Waals surface area contributed by atoms with Gasteiger partial charge in [0.1, 0.15) is 0 Å². The summed E-state index contributed by atoms with van der Waals surface area (Å²) < 4.78 is 0. The molecule has 0 spiro atoms. The minimum absolute atomic E-state index is 0. The maximum Gasteiger partial charge on any atom is 0 e. The van der Waals surface area contributed by atoms with Gasteiger partial charge in [0.15, 0.2) is 0 Å². The zero-order valence-electron chi connectivity index (χ0n) is 6.07. The average molecular weight is 151 g/mol. The van der Waals surface area contributed by atoms with Crippen LogP contribution in [0, 0.1) is 0 Å². The van der Waals surface area contributed by atoms with Crippen molar-refractivity contribution in [2.45, 2.75) is 26.2 Å². The highest BCUT2D eigenvalue weighted by molar-refractivity contribution is 4.61. The van der Waals surface area contributed by atoms with E-state index in [2.05, 4.69) is 11.8 Å². The van der Waals surface area contributed by atoms with Crippen LogP contribution in [0.1, 0.15) is 27.6 Å². The molecular formula is C7H17ClN-. The first-order valence-electron chi connectivity index (χ1n) is 3.66. The fourth-order valence-electron chi connectivity index (χ4n) is 1.28. The monoisotopic (exact) mass is 150 g/mol. The highest BCUT2D eigenvalue weighted by atomic mass is 35.5. The molecule has 0 N–H and O–H groups in total. The van der Waals surface area contributed by atoms with E-state index in [1.165, 1.54) is 38.9 Å². The molecule has 0 radical (unpaired) electrons. The average Bonchev–Trinajstić information content (AvgIpc) is 1.90. The lowest BCUT2D eigenvalue weighted by atomic mass is 10.1. The molecule has 0 unspecified atom stereocenters. The second kappa shape index (κ2) is 5.07. The van der Waals surface area contributed by atoms with Crippen LogP contribution in [0.2, 0.25) is 0 Å². The first kappa shape index (κ1) is 9.25. The molecule has 2 heteroatoms. The van der Waals surface area contributed by atoms with Crippen molar-refractivity contribution >= 4 is 0 Å². The van der Waals surface area contributed by atoms with E-state index in [0.29, 0.717) is 0 Å². The summed E-state index contributed by atoms with van der Waals surface area (Å²) in [6.45, 7) is 6.18. The zero-order chi connectivity index (χ0) is 5.82. The highest BCUT2D eigenvalue weighted by Crippen LogP contribution is 2.06. The third-order valence-corrected chi connectivity index (χ3v) is 1.90. The number of likely N-dealkylation sites (tertiary alicyclic amines) is 1. The molecule has 9 heavy (non-hydrogen) atoms. The number of hydrogen-bond acceptors (Lipinski definition) is 1. The Morgan fingerprint density at radius 1 is 1.22 bits per heavy atom. The van der Waals surface area contributed by atoms with Crippen LogP contribution in [0.5, 0.6) is 0 Å². The summed E-state index contributed by atoms with van der Waals surface area (Å²) in [7, 11) is 0. The zero-order valence-corrected chi connectivity index (χ0v) is 6.82. The van der Waals surface area contributed by atoms with Crippen LogP contribution in [-0.2, 0) is 0 Å². The van der Waals surface area contributed by atoms with Crippen LogP contribution in [-0.4, -0.2) is 24.5 Å². The van der Waals surface area contributed by atoms with E-state index in [1.807, 2.05) is 0 Å². The topological polar surface area (TPSA) is 3.24 Å². The van der Waals surface area contributed by atoms with E-state index in [4.69, 9.17) is 0 Å². The maximum absolute atomic E-state index is 2.52. The van der Waals surface area contributed by atoms with Gasteiger partial charge in [0.05, 0.1) is 0 Å². The van der Waals surface area contributed by atoms with Gasteiger partial charge in [-0.05, 0) is 32.5 Å². The normalized spacial score (nSPS) is 21.0. The van der Waals surface area contributed by atoms with Crippen molar-refractivity contribution in [1.82, 2.24) is 4.90 Å². The fourth-order valence-corrected chi connectivity index (χ4v) is 1.28. The summed E-state index contributed by atoms with van der Waals surface area (Å²) in [4.78, 5) is 2.52. The molecule has 0 amide bonds. The van der Waals surface area contributed by atoms with Gasteiger partial charge < -0.3 is 17.3 Å². The van der Waals surface area contributed by atoms with Crippen LogP contribution in [0.15, 0.2) is 0 Å². The van der Waals surface area contributed by atoms with E-state index in [0.717, 1.165) is 0 Å². The largest absolute Gasteiger partial charge is 1.00 e. The minimum atomic E-state index is 0. The lowest BCUT2D eigenvalue weighted by molar-refractivity contribution is -0.00000180. The predicted octanol–water partition coefficient (Wildman–Crippen LogP) is -1.26. The van der Waals surface area contributed by atoms with Gasteiger partial charge >= 0.3 is 0 Å². The Morgan fingerprint density at radius 3 is 2.11 bits per heavy atom. The van der Waals surface area contributed by atoms with Crippen molar-refractivity contribution in [3.8, 4) is 0 Å². The highest BCUT2D eigenvalue weighted by Gasteiger charge is 2.05. The first-order valence-corrected chi connectivity index (χ1v) is 3.66. The summed E-state index contributed by atoms with van der Waals surface area (Å²) in [5.74, 6) is 0. The van der Waals surface area contributed by atoms with Gasteiger partial charge in [0.25, 0.3) is 0 Å². The van der Waals surface area contributed by atoms with Crippen molar-refractivity contribution in [3.63, 3.8) is 0 Å². The Labute approximate surface area is 65.3 Å². The molecule has 0 atom stereocenters. The van der Waals surface area contributed by atoms with Gasteiger partial charge in [0, 0.05) is 1.43 Å². The Kier molecular flexibility index (Phi) is 5.21. The summed E-state index contributed by atoms with van der Waals surface area (Å²) in [6.07, 6.45) is 4.30. The number of nitrogens with zero attached hydrogens (tertiary/aromatic N) is 1. The molecule has 58 valence electrons. The molecule has 1 aliphatic rings. The standard InChI is InChI=1S/C7H15N.ClH.H2/c1-2-8-6-4-3-5-7-8;;/h2-7H2,1H3;2*1H/p-1. The SMILES string of the molecule is CCN1CCCCC1.[Cl-].[HH]. The molecule has 0 aliphatic carbocycles. The third kappa shape index (κ3) is 3.07. The van der Waals surface area contributed by atoms with E-state index < -0.39 is 0 Å². The quantitative estimate of drug-likeness (QED) is 0.451. The van der Waals surface area contributed by atoms with Gasteiger partial charge in [-0.15, -0.1) is 0 Å². The molecule has 1 saturated heterocycles.